The van der Waals surface area contributed by atoms with Crippen LogP contribution >= 0.6 is 23.2 Å². The second-order valence-electron chi connectivity index (χ2n) is 7.19. The first-order valence-electron chi connectivity index (χ1n) is 9.34. The molecule has 27 heavy (non-hydrogen) atoms. The van der Waals surface area contributed by atoms with Crippen LogP contribution in [0, 0.1) is 12.8 Å². The Balaban J connectivity index is 2.00. The summed E-state index contributed by atoms with van der Waals surface area (Å²) in [5, 5.41) is 1.09. The second-order valence-corrected chi connectivity index (χ2v) is 8.03. The molecule has 0 bridgehead atoms. The predicted molar refractivity (Wildman–Crippen MR) is 111 cm³/mol. The number of nitrogens with zero attached hydrogens (tertiary/aromatic N) is 3. The van der Waals surface area contributed by atoms with E-state index in [0.29, 0.717) is 32.9 Å². The molecule has 1 saturated carbocycles. The van der Waals surface area contributed by atoms with E-state index in [9.17, 15) is 4.79 Å². The van der Waals surface area contributed by atoms with Crippen LogP contribution in [0.2, 0.25) is 10.0 Å². The molecule has 1 aliphatic carbocycles. The third-order valence-electron chi connectivity index (χ3n) is 5.60. The summed E-state index contributed by atoms with van der Waals surface area (Å²) in [5.41, 5.74) is 3.44. The van der Waals surface area contributed by atoms with Gasteiger partial charge in [0.2, 0.25) is 0 Å². The van der Waals surface area contributed by atoms with E-state index in [1.54, 1.807) is 25.3 Å². The Bertz CT molecular complexity index is 1070. The van der Waals surface area contributed by atoms with Gasteiger partial charge in [-0.05, 0) is 56.4 Å². The Morgan fingerprint density at radius 1 is 1.26 bits per heavy atom. The highest BCUT2D eigenvalue weighted by Crippen LogP contribution is 2.39. The first kappa shape index (κ1) is 18.5. The van der Waals surface area contributed by atoms with Crippen LogP contribution in [0.25, 0.3) is 22.3 Å². The monoisotopic (exact) mass is 401 g/mol. The van der Waals surface area contributed by atoms with E-state index >= 15 is 0 Å². The first-order valence-corrected chi connectivity index (χ1v) is 10.1. The normalized spacial score (nSPS) is 15.7. The van der Waals surface area contributed by atoms with Gasteiger partial charge in [-0.2, -0.15) is 0 Å². The van der Waals surface area contributed by atoms with Crippen molar-refractivity contribution in [3.8, 4) is 11.3 Å². The van der Waals surface area contributed by atoms with Crippen LogP contribution in [0.1, 0.15) is 44.3 Å². The third kappa shape index (κ3) is 3.15. The fourth-order valence-corrected chi connectivity index (χ4v) is 4.50. The molecule has 1 fully saturated rings. The molecule has 1 atom stereocenters. The lowest BCUT2D eigenvalue weighted by Crippen LogP contribution is -2.34. The van der Waals surface area contributed by atoms with Gasteiger partial charge in [0.1, 0.15) is 11.2 Å². The van der Waals surface area contributed by atoms with E-state index in [2.05, 4.69) is 16.9 Å². The van der Waals surface area contributed by atoms with Gasteiger partial charge >= 0.3 is 0 Å². The molecule has 0 saturated heterocycles. The number of benzene rings is 1. The summed E-state index contributed by atoms with van der Waals surface area (Å²) in [6, 6.07) is 7.41. The standard InChI is InChI=1S/C21H21Cl2N3O/c1-3-17(13-5-4-6-13)26-18-9-10-24-19(20(18)25-12(2)21(26)27)15-8-7-14(22)11-16(15)23/h7-11,13,17H,3-6H2,1-2H3. The Morgan fingerprint density at radius 3 is 2.67 bits per heavy atom. The molecular weight excluding hydrogens is 381 g/mol. The van der Waals surface area contributed by atoms with Crippen molar-refractivity contribution in [2.75, 3.05) is 0 Å². The molecule has 0 spiro atoms. The molecule has 1 aromatic carbocycles. The van der Waals surface area contributed by atoms with Gasteiger partial charge in [0.15, 0.2) is 0 Å². The molecular formula is C21H21Cl2N3O. The molecule has 0 radical (unpaired) electrons. The molecule has 6 heteroatoms. The SMILES string of the molecule is CCC(C1CCC1)n1c(=O)c(C)nc2c(-c3ccc(Cl)cc3Cl)nccc21. The number of aromatic nitrogens is 3. The van der Waals surface area contributed by atoms with Gasteiger partial charge < -0.3 is 4.57 Å². The van der Waals surface area contributed by atoms with Crippen molar-refractivity contribution in [1.82, 2.24) is 14.5 Å². The van der Waals surface area contributed by atoms with E-state index in [1.807, 2.05) is 16.7 Å². The van der Waals surface area contributed by atoms with Crippen LogP contribution < -0.4 is 5.56 Å². The summed E-state index contributed by atoms with van der Waals surface area (Å²) < 4.78 is 1.94. The van der Waals surface area contributed by atoms with Gasteiger partial charge in [0, 0.05) is 22.8 Å². The fourth-order valence-electron chi connectivity index (χ4n) is 4.01. The van der Waals surface area contributed by atoms with Crippen LogP contribution in [0.5, 0.6) is 0 Å². The summed E-state index contributed by atoms with van der Waals surface area (Å²) in [4.78, 5) is 22.2. The van der Waals surface area contributed by atoms with Gasteiger partial charge in [0.25, 0.3) is 5.56 Å². The molecule has 2 heterocycles. The predicted octanol–water partition coefficient (Wildman–Crippen LogP) is 5.82. The van der Waals surface area contributed by atoms with Gasteiger partial charge in [0.05, 0.1) is 16.2 Å². The molecule has 140 valence electrons. The lowest BCUT2D eigenvalue weighted by atomic mass is 9.78. The van der Waals surface area contributed by atoms with E-state index in [4.69, 9.17) is 23.2 Å². The highest BCUT2D eigenvalue weighted by atomic mass is 35.5. The second kappa shape index (κ2) is 7.25. The van der Waals surface area contributed by atoms with Crippen molar-refractivity contribution in [3.63, 3.8) is 0 Å². The molecule has 1 unspecified atom stereocenters. The third-order valence-corrected chi connectivity index (χ3v) is 6.15. The van der Waals surface area contributed by atoms with E-state index in [0.717, 1.165) is 17.5 Å². The highest BCUT2D eigenvalue weighted by Gasteiger charge is 2.30. The number of hydrogen-bond acceptors (Lipinski definition) is 3. The minimum absolute atomic E-state index is 0.0133. The van der Waals surface area contributed by atoms with Crippen molar-refractivity contribution in [2.24, 2.45) is 5.92 Å². The number of aryl methyl sites for hydroxylation is 1. The van der Waals surface area contributed by atoms with Gasteiger partial charge in [-0.3, -0.25) is 9.78 Å². The van der Waals surface area contributed by atoms with Gasteiger partial charge in [-0.25, -0.2) is 4.98 Å². The number of rotatable bonds is 4. The van der Waals surface area contributed by atoms with E-state index < -0.39 is 0 Å². The highest BCUT2D eigenvalue weighted by molar-refractivity contribution is 6.36. The maximum absolute atomic E-state index is 13.0. The van der Waals surface area contributed by atoms with Crippen LogP contribution in [0.3, 0.4) is 0 Å². The van der Waals surface area contributed by atoms with Crippen LogP contribution in [-0.4, -0.2) is 14.5 Å². The zero-order valence-electron chi connectivity index (χ0n) is 15.4. The van der Waals surface area contributed by atoms with Crippen molar-refractivity contribution in [3.05, 3.63) is 56.6 Å². The smallest absolute Gasteiger partial charge is 0.272 e. The van der Waals surface area contributed by atoms with Gasteiger partial charge in [-0.15, -0.1) is 0 Å². The van der Waals surface area contributed by atoms with Crippen molar-refractivity contribution in [2.45, 2.75) is 45.6 Å². The molecule has 0 N–H and O–H groups in total. The molecule has 4 rings (SSSR count). The Hall–Kier alpha value is -1.91. The largest absolute Gasteiger partial charge is 0.302 e. The quantitative estimate of drug-likeness (QED) is 0.552. The van der Waals surface area contributed by atoms with Crippen molar-refractivity contribution < 1.29 is 0 Å². The summed E-state index contributed by atoms with van der Waals surface area (Å²) in [6.07, 6.45) is 6.24. The number of fused-ring (bicyclic) bond motifs is 1. The minimum atomic E-state index is -0.0133. The number of hydrogen-bond donors (Lipinski definition) is 0. The Labute approximate surface area is 168 Å². The Kier molecular flexibility index (Phi) is 4.95. The summed E-state index contributed by atoms with van der Waals surface area (Å²) in [7, 11) is 0. The minimum Gasteiger partial charge on any atom is -0.302 e. The number of pyridine rings is 1. The molecule has 3 aromatic rings. The van der Waals surface area contributed by atoms with E-state index in [-0.39, 0.29) is 11.6 Å². The summed E-state index contributed by atoms with van der Waals surface area (Å²) >= 11 is 12.5. The summed E-state index contributed by atoms with van der Waals surface area (Å²) in [6.45, 7) is 3.92. The molecule has 0 amide bonds. The fraction of sp³-hybridized carbons (Fsp3) is 0.381. The van der Waals surface area contributed by atoms with Gasteiger partial charge in [-0.1, -0.05) is 36.5 Å². The van der Waals surface area contributed by atoms with Crippen LogP contribution in [0.4, 0.5) is 0 Å². The molecule has 0 aliphatic heterocycles. The maximum atomic E-state index is 13.0. The van der Waals surface area contributed by atoms with Crippen LogP contribution in [-0.2, 0) is 0 Å². The van der Waals surface area contributed by atoms with E-state index in [1.165, 1.54) is 19.3 Å². The van der Waals surface area contributed by atoms with Crippen LogP contribution in [0.15, 0.2) is 35.3 Å². The van der Waals surface area contributed by atoms with Crippen molar-refractivity contribution >= 4 is 34.2 Å². The average Bonchev–Trinajstić information content (AvgIpc) is 2.60. The zero-order valence-corrected chi connectivity index (χ0v) is 16.9. The molecule has 4 nitrogen and oxygen atoms in total. The van der Waals surface area contributed by atoms with Crippen molar-refractivity contribution in [1.29, 1.82) is 0 Å². The zero-order chi connectivity index (χ0) is 19.1. The number of halogens is 2. The Morgan fingerprint density at radius 2 is 2.04 bits per heavy atom. The lowest BCUT2D eigenvalue weighted by molar-refractivity contribution is 0.203. The summed E-state index contributed by atoms with van der Waals surface area (Å²) in [5.74, 6) is 0.549. The maximum Gasteiger partial charge on any atom is 0.272 e. The lowest BCUT2D eigenvalue weighted by Gasteiger charge is -2.35. The molecule has 2 aromatic heterocycles. The topological polar surface area (TPSA) is 47.8 Å². The average molecular weight is 402 g/mol. The first-order chi connectivity index (χ1) is 13.0. The molecule has 1 aliphatic rings.